The monoisotopic (exact) mass is 274 g/mol. The van der Waals surface area contributed by atoms with Crippen LogP contribution in [0.15, 0.2) is 18.5 Å². The Morgan fingerprint density at radius 3 is 3.10 bits per heavy atom. The molecule has 1 saturated heterocycles. The van der Waals surface area contributed by atoms with Gasteiger partial charge in [-0.25, -0.2) is 0 Å². The summed E-state index contributed by atoms with van der Waals surface area (Å²) >= 11 is 0. The second kappa shape index (κ2) is 5.40. The summed E-state index contributed by atoms with van der Waals surface area (Å²) in [7, 11) is 3.93. The van der Waals surface area contributed by atoms with Gasteiger partial charge >= 0.3 is 0 Å². The van der Waals surface area contributed by atoms with Crippen LogP contribution in [0.1, 0.15) is 19.3 Å². The fourth-order valence-electron chi connectivity index (χ4n) is 3.56. The van der Waals surface area contributed by atoms with Crippen LogP contribution in [-0.4, -0.2) is 37.6 Å². The highest BCUT2D eigenvalue weighted by Crippen LogP contribution is 2.38. The number of nitrogens with one attached hydrogen (secondary N) is 2. The van der Waals surface area contributed by atoms with Crippen molar-refractivity contribution in [2.24, 2.45) is 11.8 Å². The zero-order valence-corrected chi connectivity index (χ0v) is 12.1. The number of carbonyl (C=O) groups is 1. The summed E-state index contributed by atoms with van der Waals surface area (Å²) in [5.74, 6) is 1.28. The van der Waals surface area contributed by atoms with Gasteiger partial charge in [-0.15, -0.1) is 0 Å². The standard InChI is InChI=1S/C15H22N4O/c1-19(2)13-6-7-16-9-12(13)18-15(20)14-11-5-3-4-10(11)8-17-14/h6-7,9-11,14,17H,3-5,8H2,1-2H3,(H,18,20). The van der Waals surface area contributed by atoms with E-state index in [1.54, 1.807) is 12.4 Å². The molecular weight excluding hydrogens is 252 g/mol. The van der Waals surface area contributed by atoms with Crippen LogP contribution in [-0.2, 0) is 4.79 Å². The summed E-state index contributed by atoms with van der Waals surface area (Å²) in [6.07, 6.45) is 7.15. The average Bonchev–Trinajstić information content (AvgIpc) is 3.01. The number of hydrogen-bond donors (Lipinski definition) is 2. The first-order valence-electron chi connectivity index (χ1n) is 7.32. The topological polar surface area (TPSA) is 57.3 Å². The quantitative estimate of drug-likeness (QED) is 0.876. The molecule has 1 aliphatic heterocycles. The van der Waals surface area contributed by atoms with Crippen molar-refractivity contribution in [1.82, 2.24) is 10.3 Å². The van der Waals surface area contributed by atoms with Crippen LogP contribution in [0.5, 0.6) is 0 Å². The molecular formula is C15H22N4O. The van der Waals surface area contributed by atoms with E-state index in [-0.39, 0.29) is 11.9 Å². The molecule has 2 fully saturated rings. The lowest BCUT2D eigenvalue weighted by Gasteiger charge is -2.21. The second-order valence-electron chi connectivity index (χ2n) is 6.02. The van der Waals surface area contributed by atoms with E-state index in [0.717, 1.165) is 17.9 Å². The smallest absolute Gasteiger partial charge is 0.241 e. The van der Waals surface area contributed by atoms with Crippen molar-refractivity contribution >= 4 is 17.3 Å². The molecule has 3 rings (SSSR count). The van der Waals surface area contributed by atoms with E-state index in [9.17, 15) is 4.79 Å². The Kier molecular flexibility index (Phi) is 3.61. The molecule has 1 aromatic rings. The zero-order valence-electron chi connectivity index (χ0n) is 12.1. The lowest BCUT2D eigenvalue weighted by molar-refractivity contribution is -0.118. The first-order valence-corrected chi connectivity index (χ1v) is 7.32. The van der Waals surface area contributed by atoms with E-state index in [1.807, 2.05) is 25.1 Å². The number of anilines is 2. The molecule has 0 radical (unpaired) electrons. The van der Waals surface area contributed by atoms with Gasteiger partial charge in [0.25, 0.3) is 0 Å². The summed E-state index contributed by atoms with van der Waals surface area (Å²) in [4.78, 5) is 18.6. The van der Waals surface area contributed by atoms with Gasteiger partial charge in [0.2, 0.25) is 5.91 Å². The number of aromatic nitrogens is 1. The van der Waals surface area contributed by atoms with Crippen molar-refractivity contribution in [3.63, 3.8) is 0 Å². The molecule has 1 amide bonds. The molecule has 2 heterocycles. The molecule has 0 aromatic carbocycles. The highest BCUT2D eigenvalue weighted by atomic mass is 16.2. The van der Waals surface area contributed by atoms with Crippen molar-refractivity contribution in [3.8, 4) is 0 Å². The van der Waals surface area contributed by atoms with E-state index in [2.05, 4.69) is 15.6 Å². The number of fused-ring (bicyclic) bond motifs is 1. The minimum absolute atomic E-state index is 0.0438. The number of amides is 1. The summed E-state index contributed by atoms with van der Waals surface area (Å²) in [6.45, 7) is 0.982. The van der Waals surface area contributed by atoms with E-state index in [4.69, 9.17) is 0 Å². The average molecular weight is 274 g/mol. The predicted molar refractivity (Wildman–Crippen MR) is 79.8 cm³/mol. The molecule has 0 bridgehead atoms. The van der Waals surface area contributed by atoms with Crippen LogP contribution in [0.25, 0.3) is 0 Å². The Morgan fingerprint density at radius 1 is 1.45 bits per heavy atom. The molecule has 5 heteroatoms. The maximum Gasteiger partial charge on any atom is 0.241 e. The van der Waals surface area contributed by atoms with Crippen LogP contribution in [0.3, 0.4) is 0 Å². The fraction of sp³-hybridized carbons (Fsp3) is 0.600. The molecule has 108 valence electrons. The van der Waals surface area contributed by atoms with Gasteiger partial charge in [0, 0.05) is 20.3 Å². The van der Waals surface area contributed by atoms with Crippen molar-refractivity contribution in [2.45, 2.75) is 25.3 Å². The first kappa shape index (κ1) is 13.4. The Bertz CT molecular complexity index is 502. The highest BCUT2D eigenvalue weighted by Gasteiger charge is 2.42. The summed E-state index contributed by atoms with van der Waals surface area (Å²) in [6, 6.07) is 1.87. The van der Waals surface area contributed by atoms with Crippen LogP contribution in [0.4, 0.5) is 11.4 Å². The number of rotatable bonds is 3. The van der Waals surface area contributed by atoms with E-state index < -0.39 is 0 Å². The molecule has 20 heavy (non-hydrogen) atoms. The molecule has 5 nitrogen and oxygen atoms in total. The number of nitrogens with zero attached hydrogens (tertiary/aromatic N) is 2. The largest absolute Gasteiger partial charge is 0.376 e. The molecule has 2 N–H and O–H groups in total. The number of carbonyl (C=O) groups excluding carboxylic acids is 1. The third kappa shape index (κ3) is 2.38. The van der Waals surface area contributed by atoms with Crippen molar-refractivity contribution < 1.29 is 4.79 Å². The molecule has 3 atom stereocenters. The lowest BCUT2D eigenvalue weighted by atomic mass is 9.93. The van der Waals surface area contributed by atoms with Crippen molar-refractivity contribution in [1.29, 1.82) is 0 Å². The minimum Gasteiger partial charge on any atom is -0.376 e. The van der Waals surface area contributed by atoms with Crippen LogP contribution in [0.2, 0.25) is 0 Å². The lowest BCUT2D eigenvalue weighted by Crippen LogP contribution is -2.40. The van der Waals surface area contributed by atoms with E-state index >= 15 is 0 Å². The Hall–Kier alpha value is -1.62. The molecule has 0 spiro atoms. The van der Waals surface area contributed by atoms with Crippen LogP contribution < -0.4 is 15.5 Å². The van der Waals surface area contributed by atoms with E-state index in [0.29, 0.717) is 11.8 Å². The van der Waals surface area contributed by atoms with Gasteiger partial charge in [0.15, 0.2) is 0 Å². The Morgan fingerprint density at radius 2 is 2.30 bits per heavy atom. The normalized spacial score (nSPS) is 28.2. The highest BCUT2D eigenvalue weighted by molar-refractivity contribution is 5.97. The molecule has 1 saturated carbocycles. The number of pyridine rings is 1. The van der Waals surface area contributed by atoms with Gasteiger partial charge in [-0.05, 0) is 37.3 Å². The maximum absolute atomic E-state index is 12.5. The molecule has 1 aliphatic carbocycles. The Labute approximate surface area is 119 Å². The minimum atomic E-state index is -0.0438. The fourth-order valence-corrected chi connectivity index (χ4v) is 3.56. The molecule has 1 aromatic heterocycles. The Balaban J connectivity index is 1.73. The first-order chi connectivity index (χ1) is 9.66. The second-order valence-corrected chi connectivity index (χ2v) is 6.02. The van der Waals surface area contributed by atoms with Gasteiger partial charge in [-0.1, -0.05) is 6.42 Å². The maximum atomic E-state index is 12.5. The van der Waals surface area contributed by atoms with Gasteiger partial charge in [0.1, 0.15) is 0 Å². The van der Waals surface area contributed by atoms with Gasteiger partial charge in [0.05, 0.1) is 23.6 Å². The third-order valence-electron chi connectivity index (χ3n) is 4.57. The molecule has 3 unspecified atom stereocenters. The van der Waals surface area contributed by atoms with Crippen molar-refractivity contribution in [3.05, 3.63) is 18.5 Å². The van der Waals surface area contributed by atoms with Gasteiger partial charge in [-0.3, -0.25) is 9.78 Å². The van der Waals surface area contributed by atoms with Gasteiger partial charge < -0.3 is 15.5 Å². The zero-order chi connectivity index (χ0) is 14.1. The SMILES string of the molecule is CN(C)c1ccncc1NC(=O)C1NCC2CCCC21. The summed E-state index contributed by atoms with van der Waals surface area (Å²) in [5.41, 5.74) is 1.76. The van der Waals surface area contributed by atoms with Crippen molar-refractivity contribution in [2.75, 3.05) is 30.9 Å². The number of hydrogen-bond acceptors (Lipinski definition) is 4. The van der Waals surface area contributed by atoms with Crippen LogP contribution in [0, 0.1) is 11.8 Å². The predicted octanol–water partition coefficient (Wildman–Crippen LogP) is 1.47. The van der Waals surface area contributed by atoms with Crippen LogP contribution >= 0.6 is 0 Å². The summed E-state index contributed by atoms with van der Waals surface area (Å²) < 4.78 is 0. The third-order valence-corrected chi connectivity index (χ3v) is 4.57. The summed E-state index contributed by atoms with van der Waals surface area (Å²) in [5, 5.41) is 6.42. The van der Waals surface area contributed by atoms with E-state index in [1.165, 1.54) is 19.3 Å². The molecule has 2 aliphatic rings. The van der Waals surface area contributed by atoms with Gasteiger partial charge in [-0.2, -0.15) is 0 Å².